The van der Waals surface area contributed by atoms with Gasteiger partial charge in [-0.15, -0.1) is 24.0 Å². The zero-order valence-electron chi connectivity index (χ0n) is 17.9. The van der Waals surface area contributed by atoms with E-state index >= 15 is 0 Å². The molecule has 0 aliphatic heterocycles. The summed E-state index contributed by atoms with van der Waals surface area (Å²) in [4.78, 5) is 6.60. The number of rotatable bonds is 6. The monoisotopic (exact) mass is 533 g/mol. The Labute approximate surface area is 191 Å². The van der Waals surface area contributed by atoms with Crippen LogP contribution in [-0.4, -0.2) is 43.5 Å². The van der Waals surface area contributed by atoms with Crippen LogP contribution in [0.25, 0.3) is 0 Å². The Kier molecular flexibility index (Phi) is 9.16. The average Bonchev–Trinajstić information content (AvgIpc) is 2.98. The second-order valence-corrected chi connectivity index (χ2v) is 9.48. The van der Waals surface area contributed by atoms with Crippen molar-refractivity contribution in [2.24, 2.45) is 12.0 Å². The van der Waals surface area contributed by atoms with Gasteiger partial charge in [0.2, 0.25) is 10.0 Å². The molecule has 0 saturated carbocycles. The lowest BCUT2D eigenvalue weighted by atomic mass is 10.1. The highest BCUT2D eigenvalue weighted by Crippen LogP contribution is 2.18. The SMILES string of the molecule is CN=C(NCc1ccccc1S(=O)(=O)NC(C)(C)C)N(C)Cc1cccn1C.I. The molecule has 1 aromatic heterocycles. The van der Waals surface area contributed by atoms with Crippen molar-refractivity contribution < 1.29 is 8.42 Å². The highest BCUT2D eigenvalue weighted by molar-refractivity contribution is 14.0. The van der Waals surface area contributed by atoms with E-state index in [1.165, 1.54) is 0 Å². The number of sulfonamides is 1. The molecule has 2 N–H and O–H groups in total. The summed E-state index contributed by atoms with van der Waals surface area (Å²) in [7, 11) is 2.05. The average molecular weight is 533 g/mol. The van der Waals surface area contributed by atoms with Crippen LogP contribution in [-0.2, 0) is 30.2 Å². The summed E-state index contributed by atoms with van der Waals surface area (Å²) in [5.41, 5.74) is 1.29. The van der Waals surface area contributed by atoms with Gasteiger partial charge in [-0.2, -0.15) is 0 Å². The Hall–Kier alpha value is -1.59. The molecule has 0 spiro atoms. The van der Waals surface area contributed by atoms with Gasteiger partial charge in [0.05, 0.1) is 11.4 Å². The van der Waals surface area contributed by atoms with Crippen LogP contribution in [0.2, 0.25) is 0 Å². The number of guanidine groups is 1. The number of hydrogen-bond donors (Lipinski definition) is 2. The van der Waals surface area contributed by atoms with Gasteiger partial charge in [0.25, 0.3) is 0 Å². The molecule has 0 atom stereocenters. The van der Waals surface area contributed by atoms with E-state index in [1.54, 1.807) is 19.2 Å². The van der Waals surface area contributed by atoms with Crippen LogP contribution in [0.5, 0.6) is 0 Å². The zero-order chi connectivity index (χ0) is 20.9. The minimum Gasteiger partial charge on any atom is -0.353 e. The second-order valence-electron chi connectivity index (χ2n) is 7.83. The smallest absolute Gasteiger partial charge is 0.241 e. The summed E-state index contributed by atoms with van der Waals surface area (Å²) in [6, 6.07) is 11.1. The fourth-order valence-corrected chi connectivity index (χ4v) is 4.57. The maximum Gasteiger partial charge on any atom is 0.241 e. The van der Waals surface area contributed by atoms with E-state index in [-0.39, 0.29) is 28.9 Å². The molecule has 9 heteroatoms. The first-order valence-electron chi connectivity index (χ1n) is 9.17. The highest BCUT2D eigenvalue weighted by Gasteiger charge is 2.24. The number of nitrogens with zero attached hydrogens (tertiary/aromatic N) is 3. The molecule has 0 fully saturated rings. The van der Waals surface area contributed by atoms with E-state index in [1.807, 2.05) is 64.2 Å². The Morgan fingerprint density at radius 1 is 1.17 bits per heavy atom. The van der Waals surface area contributed by atoms with Gasteiger partial charge in [-0.1, -0.05) is 18.2 Å². The molecule has 29 heavy (non-hydrogen) atoms. The standard InChI is InChI=1S/C20H31N5O2S.HI/c1-20(2,3)23-28(26,27)18-12-8-7-10-16(18)14-22-19(21-4)25(6)15-17-11-9-13-24(17)5;/h7-13,23H,14-15H2,1-6H3,(H,21,22);1H. The molecule has 1 heterocycles. The van der Waals surface area contributed by atoms with E-state index < -0.39 is 15.6 Å². The van der Waals surface area contributed by atoms with Crippen molar-refractivity contribution in [1.82, 2.24) is 19.5 Å². The van der Waals surface area contributed by atoms with Crippen LogP contribution < -0.4 is 10.0 Å². The minimum atomic E-state index is -3.62. The summed E-state index contributed by atoms with van der Waals surface area (Å²) in [5, 5.41) is 3.27. The number of aliphatic imine (C=N–C) groups is 1. The van der Waals surface area contributed by atoms with Crippen LogP contribution in [0.1, 0.15) is 32.0 Å². The summed E-state index contributed by atoms with van der Waals surface area (Å²) in [5.74, 6) is 0.692. The minimum absolute atomic E-state index is 0. The summed E-state index contributed by atoms with van der Waals surface area (Å²) < 4.78 is 30.3. The molecule has 162 valence electrons. The van der Waals surface area contributed by atoms with Gasteiger partial charge in [-0.25, -0.2) is 13.1 Å². The van der Waals surface area contributed by atoms with E-state index in [4.69, 9.17) is 0 Å². The number of aromatic nitrogens is 1. The predicted octanol–water partition coefficient (Wildman–Crippen LogP) is 2.93. The van der Waals surface area contributed by atoms with Gasteiger partial charge in [0.15, 0.2) is 5.96 Å². The molecule has 0 amide bonds. The van der Waals surface area contributed by atoms with Crippen LogP contribution >= 0.6 is 24.0 Å². The second kappa shape index (κ2) is 10.4. The van der Waals surface area contributed by atoms with Crippen LogP contribution in [0, 0.1) is 0 Å². The van der Waals surface area contributed by atoms with Crippen molar-refractivity contribution >= 4 is 40.0 Å². The Bertz CT molecular complexity index is 932. The van der Waals surface area contributed by atoms with Crippen molar-refractivity contribution in [1.29, 1.82) is 0 Å². The molecule has 0 saturated heterocycles. The summed E-state index contributed by atoms with van der Waals surface area (Å²) >= 11 is 0. The van der Waals surface area contributed by atoms with Crippen molar-refractivity contribution in [2.75, 3.05) is 14.1 Å². The lowest BCUT2D eigenvalue weighted by Gasteiger charge is -2.24. The quantitative estimate of drug-likeness (QED) is 0.340. The number of nitrogens with one attached hydrogen (secondary N) is 2. The van der Waals surface area contributed by atoms with Gasteiger partial charge >= 0.3 is 0 Å². The molecule has 0 radical (unpaired) electrons. The first kappa shape index (κ1) is 25.4. The van der Waals surface area contributed by atoms with Gasteiger partial charge in [0, 0.05) is 45.1 Å². The van der Waals surface area contributed by atoms with Crippen molar-refractivity contribution in [3.63, 3.8) is 0 Å². The fraction of sp³-hybridized carbons (Fsp3) is 0.450. The van der Waals surface area contributed by atoms with Crippen molar-refractivity contribution in [2.45, 2.75) is 44.3 Å². The van der Waals surface area contributed by atoms with Gasteiger partial charge in [-0.05, 0) is 44.5 Å². The number of hydrogen-bond acceptors (Lipinski definition) is 3. The molecule has 0 unspecified atom stereocenters. The lowest BCUT2D eigenvalue weighted by molar-refractivity contribution is 0.461. The highest BCUT2D eigenvalue weighted by atomic mass is 127. The molecule has 7 nitrogen and oxygen atoms in total. The molecule has 2 aromatic rings. The lowest BCUT2D eigenvalue weighted by Crippen LogP contribution is -2.41. The summed E-state index contributed by atoms with van der Waals surface area (Å²) in [6.07, 6.45) is 2.00. The van der Waals surface area contributed by atoms with Gasteiger partial charge in [0.1, 0.15) is 0 Å². The maximum atomic E-state index is 12.8. The van der Waals surface area contributed by atoms with Crippen LogP contribution in [0.4, 0.5) is 0 Å². The normalized spacial score (nSPS) is 12.4. The molecule has 0 aliphatic carbocycles. The van der Waals surface area contributed by atoms with Crippen LogP contribution in [0.3, 0.4) is 0 Å². The Morgan fingerprint density at radius 2 is 1.83 bits per heavy atom. The number of aryl methyl sites for hydroxylation is 1. The molecule has 2 rings (SSSR count). The Balaban J connectivity index is 0.00000420. The zero-order valence-corrected chi connectivity index (χ0v) is 21.1. The first-order chi connectivity index (χ1) is 13.0. The predicted molar refractivity (Wildman–Crippen MR) is 129 cm³/mol. The first-order valence-corrected chi connectivity index (χ1v) is 10.7. The van der Waals surface area contributed by atoms with Crippen molar-refractivity contribution in [3.8, 4) is 0 Å². The van der Waals surface area contributed by atoms with Gasteiger partial charge < -0.3 is 14.8 Å². The van der Waals surface area contributed by atoms with Crippen LogP contribution in [0.15, 0.2) is 52.5 Å². The van der Waals surface area contributed by atoms with E-state index in [0.29, 0.717) is 24.6 Å². The third-order valence-electron chi connectivity index (χ3n) is 4.16. The molecule has 0 bridgehead atoms. The molecular weight excluding hydrogens is 501 g/mol. The maximum absolute atomic E-state index is 12.8. The summed E-state index contributed by atoms with van der Waals surface area (Å²) in [6.45, 7) is 6.52. The number of halogens is 1. The fourth-order valence-electron chi connectivity index (χ4n) is 2.91. The molecular formula is C20H32IN5O2S. The van der Waals surface area contributed by atoms with E-state index in [0.717, 1.165) is 5.69 Å². The van der Waals surface area contributed by atoms with Crippen molar-refractivity contribution in [3.05, 3.63) is 53.9 Å². The number of benzene rings is 1. The largest absolute Gasteiger partial charge is 0.353 e. The third kappa shape index (κ3) is 7.31. The van der Waals surface area contributed by atoms with E-state index in [2.05, 4.69) is 25.7 Å². The van der Waals surface area contributed by atoms with Gasteiger partial charge in [-0.3, -0.25) is 4.99 Å². The molecule has 1 aromatic carbocycles. The topological polar surface area (TPSA) is 78.7 Å². The molecule has 0 aliphatic rings. The third-order valence-corrected chi connectivity index (χ3v) is 6.02. The Morgan fingerprint density at radius 3 is 2.38 bits per heavy atom. The van der Waals surface area contributed by atoms with E-state index in [9.17, 15) is 8.42 Å².